The van der Waals surface area contributed by atoms with Crippen LogP contribution in [0.1, 0.15) is 45.4 Å². The third-order valence-electron chi connectivity index (χ3n) is 2.01. The first-order valence-corrected chi connectivity index (χ1v) is 6.74. The number of unbranched alkanes of at least 4 members (excludes halogenated alkanes) is 4. The highest BCUT2D eigenvalue weighted by atomic mass is 79.9. The summed E-state index contributed by atoms with van der Waals surface area (Å²) >= 11 is 3.38. The maximum Gasteiger partial charge on any atom is 0.302 e. The third kappa shape index (κ3) is 13.7. The molecule has 0 unspecified atom stereocenters. The van der Waals surface area contributed by atoms with E-state index >= 15 is 0 Å². The van der Waals surface area contributed by atoms with E-state index in [1.807, 2.05) is 0 Å². The molecule has 0 saturated carbocycles. The lowest BCUT2D eigenvalue weighted by Crippen LogP contribution is -1.99. The number of hydrogen-bond donors (Lipinski definition) is 0. The molecule has 0 aromatic carbocycles. The summed E-state index contributed by atoms with van der Waals surface area (Å²) in [5.41, 5.74) is 0. The van der Waals surface area contributed by atoms with Gasteiger partial charge in [0.25, 0.3) is 0 Å². The van der Waals surface area contributed by atoms with Gasteiger partial charge in [-0.3, -0.25) is 4.79 Å². The molecular formula is C12H21BrO2. The Morgan fingerprint density at radius 1 is 1.13 bits per heavy atom. The molecule has 0 bridgehead atoms. The van der Waals surface area contributed by atoms with Crippen LogP contribution in [0.3, 0.4) is 0 Å². The maximum atomic E-state index is 10.4. The number of alkyl halides is 1. The monoisotopic (exact) mass is 276 g/mol. The fourth-order valence-electron chi connectivity index (χ4n) is 1.23. The molecule has 88 valence electrons. The molecule has 0 heterocycles. The van der Waals surface area contributed by atoms with E-state index in [4.69, 9.17) is 4.74 Å². The number of esters is 1. The topological polar surface area (TPSA) is 26.3 Å². The Hall–Kier alpha value is -0.310. The number of allylic oxidation sites excluding steroid dienone is 2. The Bertz CT molecular complexity index is 178. The second kappa shape index (κ2) is 11.8. The number of ether oxygens (including phenoxy) is 1. The van der Waals surface area contributed by atoms with Crippen molar-refractivity contribution in [2.24, 2.45) is 0 Å². The van der Waals surface area contributed by atoms with Gasteiger partial charge in [0.15, 0.2) is 0 Å². The minimum absolute atomic E-state index is 0.173. The summed E-state index contributed by atoms with van der Waals surface area (Å²) in [6, 6.07) is 0. The average molecular weight is 277 g/mol. The van der Waals surface area contributed by atoms with E-state index in [1.165, 1.54) is 26.2 Å². The molecule has 0 fully saturated rings. The van der Waals surface area contributed by atoms with E-state index < -0.39 is 0 Å². The first kappa shape index (κ1) is 14.7. The van der Waals surface area contributed by atoms with Crippen LogP contribution in [0.25, 0.3) is 0 Å². The van der Waals surface area contributed by atoms with Crippen LogP contribution in [0.4, 0.5) is 0 Å². The molecule has 0 N–H and O–H groups in total. The standard InChI is InChI=1S/C12H21BrO2/c1-12(14)15-11-9-7-5-3-2-4-6-8-10-13/h4,6H,2-3,5,7-11H2,1H3/b6-4-. The third-order valence-corrected chi connectivity index (χ3v) is 2.47. The first-order valence-electron chi connectivity index (χ1n) is 5.61. The van der Waals surface area contributed by atoms with E-state index in [9.17, 15) is 4.79 Å². The molecule has 2 nitrogen and oxygen atoms in total. The number of carbonyl (C=O) groups is 1. The summed E-state index contributed by atoms with van der Waals surface area (Å²) in [7, 11) is 0. The van der Waals surface area contributed by atoms with Gasteiger partial charge in [-0.15, -0.1) is 0 Å². The molecule has 0 aliphatic rings. The van der Waals surface area contributed by atoms with Crippen molar-refractivity contribution in [3.63, 3.8) is 0 Å². The lowest BCUT2D eigenvalue weighted by Gasteiger charge is -2.00. The maximum absolute atomic E-state index is 10.4. The number of rotatable bonds is 9. The van der Waals surface area contributed by atoms with Crippen LogP contribution in [-0.2, 0) is 9.53 Å². The number of carbonyl (C=O) groups excluding carboxylic acids is 1. The van der Waals surface area contributed by atoms with Gasteiger partial charge in [0.05, 0.1) is 6.61 Å². The fraction of sp³-hybridized carbons (Fsp3) is 0.750. The van der Waals surface area contributed by atoms with Crippen LogP contribution in [-0.4, -0.2) is 17.9 Å². The Balaban J connectivity index is 3.01. The van der Waals surface area contributed by atoms with E-state index in [2.05, 4.69) is 28.1 Å². The molecule has 0 amide bonds. The second-order valence-electron chi connectivity index (χ2n) is 3.49. The molecule has 3 heteroatoms. The van der Waals surface area contributed by atoms with Crippen molar-refractivity contribution in [2.75, 3.05) is 11.9 Å². The lowest BCUT2D eigenvalue weighted by molar-refractivity contribution is -0.141. The minimum atomic E-state index is -0.173. The van der Waals surface area contributed by atoms with Crippen molar-refractivity contribution in [1.82, 2.24) is 0 Å². The van der Waals surface area contributed by atoms with Gasteiger partial charge < -0.3 is 4.74 Å². The Labute approximate surface area is 101 Å². The molecule has 0 aromatic rings. The highest BCUT2D eigenvalue weighted by molar-refractivity contribution is 9.09. The van der Waals surface area contributed by atoms with Gasteiger partial charge in [-0.25, -0.2) is 0 Å². The van der Waals surface area contributed by atoms with Gasteiger partial charge in [-0.1, -0.05) is 40.9 Å². The van der Waals surface area contributed by atoms with Crippen LogP contribution in [0, 0.1) is 0 Å². The van der Waals surface area contributed by atoms with Crippen LogP contribution >= 0.6 is 15.9 Å². The average Bonchev–Trinajstić information content (AvgIpc) is 2.20. The molecule has 0 aliphatic carbocycles. The van der Waals surface area contributed by atoms with Crippen molar-refractivity contribution < 1.29 is 9.53 Å². The molecule has 0 rings (SSSR count). The highest BCUT2D eigenvalue weighted by Gasteiger charge is 1.92. The van der Waals surface area contributed by atoms with E-state index in [1.54, 1.807) is 0 Å². The molecule has 0 saturated heterocycles. The Kier molecular flexibility index (Phi) is 11.5. The van der Waals surface area contributed by atoms with Crippen LogP contribution < -0.4 is 0 Å². The normalized spacial score (nSPS) is 10.8. The molecule has 0 spiro atoms. The van der Waals surface area contributed by atoms with Crippen molar-refractivity contribution in [2.45, 2.75) is 45.4 Å². The van der Waals surface area contributed by atoms with Gasteiger partial charge in [0.2, 0.25) is 0 Å². The quantitative estimate of drug-likeness (QED) is 0.277. The minimum Gasteiger partial charge on any atom is -0.466 e. The summed E-state index contributed by atoms with van der Waals surface area (Å²) in [5, 5.41) is 1.05. The highest BCUT2D eigenvalue weighted by Crippen LogP contribution is 2.04. The van der Waals surface area contributed by atoms with Crippen molar-refractivity contribution in [3.8, 4) is 0 Å². The fourth-order valence-corrected chi connectivity index (χ4v) is 1.50. The van der Waals surface area contributed by atoms with Gasteiger partial charge in [0.1, 0.15) is 0 Å². The van der Waals surface area contributed by atoms with E-state index in [0.29, 0.717) is 6.61 Å². The predicted molar refractivity (Wildman–Crippen MR) is 67.3 cm³/mol. The molecule has 0 radical (unpaired) electrons. The van der Waals surface area contributed by atoms with E-state index in [0.717, 1.165) is 24.6 Å². The zero-order chi connectivity index (χ0) is 11.4. The SMILES string of the molecule is CC(=O)OCCCCCC/C=C\CCBr. The largest absolute Gasteiger partial charge is 0.466 e. The van der Waals surface area contributed by atoms with Crippen LogP contribution in [0.15, 0.2) is 12.2 Å². The summed E-state index contributed by atoms with van der Waals surface area (Å²) in [4.78, 5) is 10.4. The molecular weight excluding hydrogens is 256 g/mol. The molecule has 0 aromatic heterocycles. The summed E-state index contributed by atoms with van der Waals surface area (Å²) in [6.07, 6.45) is 11.3. The second-order valence-corrected chi connectivity index (χ2v) is 4.28. The van der Waals surface area contributed by atoms with E-state index in [-0.39, 0.29) is 5.97 Å². The first-order chi connectivity index (χ1) is 7.27. The van der Waals surface area contributed by atoms with Crippen molar-refractivity contribution in [1.29, 1.82) is 0 Å². The smallest absolute Gasteiger partial charge is 0.302 e. The predicted octanol–water partition coefficient (Wildman–Crippen LogP) is 3.84. The van der Waals surface area contributed by atoms with Crippen molar-refractivity contribution >= 4 is 21.9 Å². The summed E-state index contributed by atoms with van der Waals surface area (Å²) in [5.74, 6) is -0.173. The van der Waals surface area contributed by atoms with Crippen molar-refractivity contribution in [3.05, 3.63) is 12.2 Å². The molecule has 0 aliphatic heterocycles. The van der Waals surface area contributed by atoms with Crippen LogP contribution in [0.2, 0.25) is 0 Å². The Morgan fingerprint density at radius 2 is 1.80 bits per heavy atom. The lowest BCUT2D eigenvalue weighted by atomic mass is 10.1. The summed E-state index contributed by atoms with van der Waals surface area (Å²) < 4.78 is 4.84. The van der Waals surface area contributed by atoms with Gasteiger partial charge in [0, 0.05) is 12.3 Å². The van der Waals surface area contributed by atoms with Gasteiger partial charge in [-0.2, -0.15) is 0 Å². The van der Waals surface area contributed by atoms with Crippen LogP contribution in [0.5, 0.6) is 0 Å². The molecule has 15 heavy (non-hydrogen) atoms. The number of hydrogen-bond acceptors (Lipinski definition) is 2. The van der Waals surface area contributed by atoms with Gasteiger partial charge in [-0.05, 0) is 25.7 Å². The molecule has 0 atom stereocenters. The zero-order valence-corrected chi connectivity index (χ0v) is 11.1. The van der Waals surface area contributed by atoms with Gasteiger partial charge >= 0.3 is 5.97 Å². The Morgan fingerprint density at radius 3 is 2.47 bits per heavy atom. The zero-order valence-electron chi connectivity index (χ0n) is 9.51. The number of halogens is 1. The summed E-state index contributed by atoms with van der Waals surface area (Å²) in [6.45, 7) is 2.03.